The summed E-state index contributed by atoms with van der Waals surface area (Å²) in [5, 5.41) is 12.5. The van der Waals surface area contributed by atoms with Crippen LogP contribution in [-0.4, -0.2) is 0 Å². The Labute approximate surface area is 367 Å². The molecule has 0 fully saturated rings. The van der Waals surface area contributed by atoms with Crippen molar-refractivity contribution < 1.29 is 0 Å². The van der Waals surface area contributed by atoms with Gasteiger partial charge in [-0.05, 0) is 147 Å². The van der Waals surface area contributed by atoms with E-state index in [1.54, 1.807) is 0 Å². The molecule has 294 valence electrons. The largest absolute Gasteiger partial charge is 0.310 e. The summed E-state index contributed by atoms with van der Waals surface area (Å²) in [7, 11) is 0. The van der Waals surface area contributed by atoms with Crippen LogP contribution in [0.2, 0.25) is 0 Å². The van der Waals surface area contributed by atoms with Crippen LogP contribution in [0.25, 0.3) is 98.4 Å². The molecule has 0 atom stereocenters. The predicted molar refractivity (Wildman–Crippen MR) is 270 cm³/mol. The summed E-state index contributed by atoms with van der Waals surface area (Å²) in [6.07, 6.45) is 0. The quantitative estimate of drug-likeness (QED) is 0.145. The number of fused-ring (bicyclic) bond motifs is 7. The second-order valence-electron chi connectivity index (χ2n) is 16.4. The first kappa shape index (κ1) is 36.6. The first-order valence-electron chi connectivity index (χ1n) is 21.7. The first-order chi connectivity index (χ1) is 31.2. The lowest BCUT2D eigenvalue weighted by Crippen LogP contribution is -2.09. The lowest BCUT2D eigenvalue weighted by Gasteiger charge is -2.26. The molecule has 0 radical (unpaired) electrons. The Hall–Kier alpha value is -8.26. The van der Waals surface area contributed by atoms with Crippen molar-refractivity contribution in [3.8, 4) is 44.5 Å². The summed E-state index contributed by atoms with van der Waals surface area (Å²) in [5.74, 6) is 0. The van der Waals surface area contributed by atoms with Crippen LogP contribution in [0.5, 0.6) is 0 Å². The minimum absolute atomic E-state index is 1.10. The second-order valence-corrected chi connectivity index (χ2v) is 16.4. The van der Waals surface area contributed by atoms with Gasteiger partial charge in [0.2, 0.25) is 0 Å². The third kappa shape index (κ3) is 6.42. The van der Waals surface area contributed by atoms with Gasteiger partial charge in [-0.1, -0.05) is 200 Å². The van der Waals surface area contributed by atoms with Gasteiger partial charge in [-0.15, -0.1) is 0 Å². The number of rotatable bonds is 7. The van der Waals surface area contributed by atoms with E-state index in [0.29, 0.717) is 0 Å². The smallest absolute Gasteiger partial charge is 0.0468 e. The van der Waals surface area contributed by atoms with Gasteiger partial charge in [0.05, 0.1) is 0 Å². The molecule has 0 aliphatic rings. The van der Waals surface area contributed by atoms with E-state index in [1.165, 1.54) is 98.4 Å². The van der Waals surface area contributed by atoms with E-state index >= 15 is 0 Å². The van der Waals surface area contributed by atoms with Crippen LogP contribution in [0.1, 0.15) is 0 Å². The molecule has 63 heavy (non-hydrogen) atoms. The maximum absolute atomic E-state index is 2.40. The monoisotopic (exact) mass is 799 g/mol. The SMILES string of the molecule is c1ccc(-c2c(-c3ccccc3)c3cc(-c4ccc(N(c5ccc(-c6cc7ccccc7c7ccccc67)cc5)c5ccc6ccccc6c5)cc4)ccc3c3ccccc23)cc1. The highest BCUT2D eigenvalue weighted by atomic mass is 15.1. The van der Waals surface area contributed by atoms with Crippen molar-refractivity contribution >= 4 is 70.9 Å². The Kier molecular flexibility index (Phi) is 8.90. The van der Waals surface area contributed by atoms with Gasteiger partial charge in [0.25, 0.3) is 0 Å². The van der Waals surface area contributed by atoms with E-state index in [4.69, 9.17) is 0 Å². The van der Waals surface area contributed by atoms with Gasteiger partial charge in [0, 0.05) is 17.1 Å². The second kappa shape index (κ2) is 15.3. The van der Waals surface area contributed by atoms with E-state index < -0.39 is 0 Å². The van der Waals surface area contributed by atoms with Crippen LogP contribution in [0, 0.1) is 0 Å². The van der Waals surface area contributed by atoms with Crippen molar-refractivity contribution in [2.75, 3.05) is 4.90 Å². The normalized spacial score (nSPS) is 11.5. The molecule has 0 amide bonds. The molecule has 0 aliphatic carbocycles. The molecule has 0 unspecified atom stereocenters. The van der Waals surface area contributed by atoms with Crippen molar-refractivity contribution in [3.63, 3.8) is 0 Å². The van der Waals surface area contributed by atoms with Crippen molar-refractivity contribution in [1.82, 2.24) is 0 Å². The predicted octanol–water partition coefficient (Wildman–Crippen LogP) is 17.6. The van der Waals surface area contributed by atoms with Crippen molar-refractivity contribution in [2.24, 2.45) is 0 Å². The minimum Gasteiger partial charge on any atom is -0.310 e. The summed E-state index contributed by atoms with van der Waals surface area (Å²) in [6.45, 7) is 0. The summed E-state index contributed by atoms with van der Waals surface area (Å²) < 4.78 is 0. The van der Waals surface area contributed by atoms with Gasteiger partial charge in [-0.2, -0.15) is 0 Å². The summed E-state index contributed by atoms with van der Waals surface area (Å²) in [6, 6.07) is 91.0. The van der Waals surface area contributed by atoms with Crippen molar-refractivity contribution in [1.29, 1.82) is 0 Å². The Morgan fingerprint density at radius 1 is 0.206 bits per heavy atom. The van der Waals surface area contributed by atoms with Gasteiger partial charge in [0.15, 0.2) is 0 Å². The number of hydrogen-bond donors (Lipinski definition) is 0. The molecule has 12 aromatic carbocycles. The molecule has 1 nitrogen and oxygen atoms in total. The fraction of sp³-hybridized carbons (Fsp3) is 0. The zero-order valence-electron chi connectivity index (χ0n) is 34.6. The third-order valence-electron chi connectivity index (χ3n) is 12.8. The van der Waals surface area contributed by atoms with Gasteiger partial charge < -0.3 is 4.90 Å². The molecule has 0 spiro atoms. The molecule has 1 heteroatoms. The van der Waals surface area contributed by atoms with Crippen LogP contribution < -0.4 is 4.90 Å². The van der Waals surface area contributed by atoms with Crippen LogP contribution in [0.15, 0.2) is 249 Å². The van der Waals surface area contributed by atoms with Gasteiger partial charge >= 0.3 is 0 Å². The van der Waals surface area contributed by atoms with Gasteiger partial charge in [0.1, 0.15) is 0 Å². The number of anilines is 3. The molecule has 0 saturated carbocycles. The summed E-state index contributed by atoms with van der Waals surface area (Å²) in [5.41, 5.74) is 13.1. The van der Waals surface area contributed by atoms with Crippen molar-refractivity contribution in [2.45, 2.75) is 0 Å². The average molecular weight is 800 g/mol. The molecule has 0 heterocycles. The number of nitrogens with zero attached hydrogens (tertiary/aromatic N) is 1. The van der Waals surface area contributed by atoms with E-state index in [9.17, 15) is 0 Å². The van der Waals surface area contributed by atoms with E-state index in [1.807, 2.05) is 0 Å². The lowest BCUT2D eigenvalue weighted by atomic mass is 9.84. The van der Waals surface area contributed by atoms with E-state index in [-0.39, 0.29) is 0 Å². The molecule has 0 aliphatic heterocycles. The fourth-order valence-corrected chi connectivity index (χ4v) is 9.83. The zero-order valence-corrected chi connectivity index (χ0v) is 34.6. The fourth-order valence-electron chi connectivity index (χ4n) is 9.83. The lowest BCUT2D eigenvalue weighted by molar-refractivity contribution is 1.29. The Balaban J connectivity index is 0.986. The summed E-state index contributed by atoms with van der Waals surface area (Å²) in [4.78, 5) is 2.38. The highest BCUT2D eigenvalue weighted by molar-refractivity contribution is 6.22. The molecule has 0 N–H and O–H groups in total. The van der Waals surface area contributed by atoms with Gasteiger partial charge in [-0.3, -0.25) is 0 Å². The molecular weight excluding hydrogens is 759 g/mol. The Morgan fingerprint density at radius 3 is 1.33 bits per heavy atom. The van der Waals surface area contributed by atoms with Gasteiger partial charge in [-0.25, -0.2) is 0 Å². The molecule has 12 aromatic rings. The minimum atomic E-state index is 1.10. The third-order valence-corrected chi connectivity index (χ3v) is 12.8. The van der Waals surface area contributed by atoms with Crippen LogP contribution in [0.3, 0.4) is 0 Å². The molecule has 0 bridgehead atoms. The van der Waals surface area contributed by atoms with E-state index in [2.05, 4.69) is 254 Å². The van der Waals surface area contributed by atoms with E-state index in [0.717, 1.165) is 17.1 Å². The molecule has 0 aromatic heterocycles. The standard InChI is InChI=1S/C62H41N/c1-3-16-45(17-4-1)61-58-26-14-13-24-55(58)57-38-32-48(40-60(57)62(61)46-18-5-2-6-19-46)43-27-33-50(34-28-43)63(52-37-29-42-15-7-8-20-47(42)39-52)51-35-30-44(31-36-51)59-41-49-21-9-10-22-53(49)54-23-11-12-25-56(54)59/h1-41H. The van der Waals surface area contributed by atoms with Crippen LogP contribution >= 0.6 is 0 Å². The number of hydrogen-bond acceptors (Lipinski definition) is 1. The average Bonchev–Trinajstić information content (AvgIpc) is 3.36. The zero-order chi connectivity index (χ0) is 41.7. The molecule has 12 rings (SSSR count). The molecule has 0 saturated heterocycles. The topological polar surface area (TPSA) is 3.24 Å². The maximum Gasteiger partial charge on any atom is 0.0468 e. The highest BCUT2D eigenvalue weighted by Gasteiger charge is 2.19. The first-order valence-corrected chi connectivity index (χ1v) is 21.7. The van der Waals surface area contributed by atoms with Crippen LogP contribution in [0.4, 0.5) is 17.1 Å². The van der Waals surface area contributed by atoms with Crippen molar-refractivity contribution in [3.05, 3.63) is 249 Å². The Morgan fingerprint density at radius 2 is 0.667 bits per heavy atom. The molecular formula is C62H41N. The number of benzene rings is 12. The van der Waals surface area contributed by atoms with Crippen LogP contribution in [-0.2, 0) is 0 Å². The Bertz CT molecular complexity index is 3650. The highest BCUT2D eigenvalue weighted by Crippen LogP contribution is 2.46. The summed E-state index contributed by atoms with van der Waals surface area (Å²) >= 11 is 0. The maximum atomic E-state index is 2.40.